The van der Waals surface area contributed by atoms with E-state index in [1.807, 2.05) is 19.2 Å². The quantitative estimate of drug-likeness (QED) is 0.920. The van der Waals surface area contributed by atoms with E-state index in [0.717, 1.165) is 27.6 Å². The van der Waals surface area contributed by atoms with Crippen molar-refractivity contribution in [3.05, 3.63) is 50.7 Å². The Bertz CT molecular complexity index is 542. The van der Waals surface area contributed by atoms with Crippen molar-refractivity contribution in [3.63, 3.8) is 0 Å². The Morgan fingerprint density at radius 2 is 2.28 bits per heavy atom. The van der Waals surface area contributed by atoms with E-state index in [-0.39, 0.29) is 11.9 Å². The van der Waals surface area contributed by atoms with E-state index >= 15 is 0 Å². The molecule has 0 aromatic carbocycles. The molecule has 0 spiro atoms. The van der Waals surface area contributed by atoms with Gasteiger partial charge in [-0.3, -0.25) is 4.98 Å². The van der Waals surface area contributed by atoms with Crippen LogP contribution in [0.1, 0.15) is 29.0 Å². The Hall–Kier alpha value is -0.970. The third-order valence-corrected chi connectivity index (χ3v) is 4.43. The van der Waals surface area contributed by atoms with Gasteiger partial charge in [0, 0.05) is 11.1 Å². The summed E-state index contributed by atoms with van der Waals surface area (Å²) in [6.07, 6.45) is 2.87. The molecule has 18 heavy (non-hydrogen) atoms. The Labute approximate surface area is 115 Å². The van der Waals surface area contributed by atoms with Gasteiger partial charge in [-0.15, -0.1) is 11.3 Å². The zero-order chi connectivity index (χ0) is 13.1. The number of hydrogen-bond donors (Lipinski definition) is 1. The summed E-state index contributed by atoms with van der Waals surface area (Å²) < 4.78 is 13.3. The first-order chi connectivity index (χ1) is 8.63. The number of halogens is 2. The molecule has 0 fully saturated rings. The summed E-state index contributed by atoms with van der Waals surface area (Å²) in [5.74, 6) is -0.334. The van der Waals surface area contributed by atoms with Crippen molar-refractivity contribution in [2.75, 3.05) is 6.54 Å². The second kappa shape index (κ2) is 5.78. The van der Waals surface area contributed by atoms with Crippen LogP contribution in [0.25, 0.3) is 0 Å². The van der Waals surface area contributed by atoms with E-state index in [1.54, 1.807) is 17.5 Å². The highest BCUT2D eigenvalue weighted by Gasteiger charge is 2.19. The normalized spacial score (nSPS) is 12.7. The van der Waals surface area contributed by atoms with Crippen LogP contribution in [-0.4, -0.2) is 11.5 Å². The minimum Gasteiger partial charge on any atom is -0.306 e. The molecule has 1 N–H and O–H groups in total. The van der Waals surface area contributed by atoms with E-state index in [1.165, 1.54) is 12.3 Å². The molecule has 2 nitrogen and oxygen atoms in total. The van der Waals surface area contributed by atoms with Crippen molar-refractivity contribution < 1.29 is 4.39 Å². The number of aromatic nitrogens is 1. The Balaban J connectivity index is 2.43. The van der Waals surface area contributed by atoms with Gasteiger partial charge in [-0.1, -0.05) is 18.5 Å². The van der Waals surface area contributed by atoms with Gasteiger partial charge in [0.2, 0.25) is 0 Å². The van der Waals surface area contributed by atoms with Gasteiger partial charge < -0.3 is 5.32 Å². The summed E-state index contributed by atoms with van der Waals surface area (Å²) in [6, 6.07) is 1.38. The van der Waals surface area contributed by atoms with Crippen LogP contribution in [0.3, 0.4) is 0 Å². The summed E-state index contributed by atoms with van der Waals surface area (Å²) in [6.45, 7) is 4.75. The van der Waals surface area contributed by atoms with Gasteiger partial charge in [-0.25, -0.2) is 4.39 Å². The maximum absolute atomic E-state index is 13.3. The summed E-state index contributed by atoms with van der Waals surface area (Å²) in [7, 11) is 0. The van der Waals surface area contributed by atoms with Crippen molar-refractivity contribution in [3.8, 4) is 0 Å². The average molecular weight is 285 g/mol. The predicted molar refractivity (Wildman–Crippen MR) is 73.8 cm³/mol. The van der Waals surface area contributed by atoms with Crippen LogP contribution in [0, 0.1) is 12.7 Å². The molecule has 0 saturated carbocycles. The van der Waals surface area contributed by atoms with Crippen LogP contribution in [0.4, 0.5) is 4.39 Å². The predicted octanol–water partition coefficient (Wildman–Crippen LogP) is 3.94. The lowest BCUT2D eigenvalue weighted by Gasteiger charge is -2.17. The molecule has 0 amide bonds. The van der Waals surface area contributed by atoms with Crippen molar-refractivity contribution in [2.45, 2.75) is 19.9 Å². The minimum atomic E-state index is -0.334. The second-order valence-corrected chi connectivity index (χ2v) is 5.31. The number of aryl methyl sites for hydroxylation is 1. The highest BCUT2D eigenvalue weighted by atomic mass is 35.5. The molecule has 0 aliphatic heterocycles. The number of pyridine rings is 1. The van der Waals surface area contributed by atoms with Crippen molar-refractivity contribution in [1.29, 1.82) is 0 Å². The summed E-state index contributed by atoms with van der Waals surface area (Å²) in [5, 5.41) is 6.07. The van der Waals surface area contributed by atoms with Gasteiger partial charge in [0.25, 0.3) is 0 Å². The maximum Gasteiger partial charge on any atom is 0.141 e. The third-order valence-electron chi connectivity index (χ3n) is 2.66. The Morgan fingerprint density at radius 1 is 1.50 bits per heavy atom. The van der Waals surface area contributed by atoms with Crippen LogP contribution in [0.5, 0.6) is 0 Å². The Kier molecular flexibility index (Phi) is 4.32. The topological polar surface area (TPSA) is 24.9 Å². The lowest BCUT2D eigenvalue weighted by molar-refractivity contribution is 0.599. The van der Waals surface area contributed by atoms with E-state index in [9.17, 15) is 4.39 Å². The third kappa shape index (κ3) is 2.71. The highest BCUT2D eigenvalue weighted by Crippen LogP contribution is 2.35. The zero-order valence-corrected chi connectivity index (χ0v) is 11.8. The first kappa shape index (κ1) is 13.5. The zero-order valence-electron chi connectivity index (χ0n) is 10.2. The molecular weight excluding hydrogens is 271 g/mol. The molecule has 0 radical (unpaired) electrons. The van der Waals surface area contributed by atoms with Gasteiger partial charge >= 0.3 is 0 Å². The van der Waals surface area contributed by atoms with E-state index in [4.69, 9.17) is 11.6 Å². The smallest absolute Gasteiger partial charge is 0.141 e. The monoisotopic (exact) mass is 284 g/mol. The van der Waals surface area contributed by atoms with Crippen LogP contribution < -0.4 is 5.32 Å². The summed E-state index contributed by atoms with van der Waals surface area (Å²) in [4.78, 5) is 4.90. The molecule has 0 saturated heterocycles. The van der Waals surface area contributed by atoms with Crippen LogP contribution in [0.15, 0.2) is 23.8 Å². The lowest BCUT2D eigenvalue weighted by Crippen LogP contribution is -2.21. The molecule has 2 aromatic heterocycles. The van der Waals surface area contributed by atoms with Crippen LogP contribution >= 0.6 is 22.9 Å². The molecule has 0 aliphatic carbocycles. The fourth-order valence-corrected chi connectivity index (χ4v) is 3.20. The number of hydrogen-bond acceptors (Lipinski definition) is 3. The molecule has 1 atom stereocenters. The van der Waals surface area contributed by atoms with E-state index in [0.29, 0.717) is 0 Å². The highest BCUT2D eigenvalue weighted by molar-refractivity contribution is 7.10. The van der Waals surface area contributed by atoms with Crippen LogP contribution in [0.2, 0.25) is 5.02 Å². The lowest BCUT2D eigenvalue weighted by atomic mass is 10.1. The number of nitrogens with zero attached hydrogens (tertiary/aromatic N) is 1. The summed E-state index contributed by atoms with van der Waals surface area (Å²) >= 11 is 7.87. The number of rotatable bonds is 4. The van der Waals surface area contributed by atoms with Crippen molar-refractivity contribution >= 4 is 22.9 Å². The molecule has 2 aromatic rings. The van der Waals surface area contributed by atoms with Gasteiger partial charge in [-0.2, -0.15) is 0 Å². The molecule has 0 aliphatic rings. The fourth-order valence-electron chi connectivity index (χ4n) is 1.80. The van der Waals surface area contributed by atoms with Gasteiger partial charge in [0.05, 0.1) is 17.3 Å². The minimum absolute atomic E-state index is 0.107. The molecule has 96 valence electrons. The van der Waals surface area contributed by atoms with Gasteiger partial charge in [0.1, 0.15) is 5.82 Å². The standard InChI is InChI=1S/C13H14ClFN2S/c1-3-17-12(9-4-10(15)6-16-5-9)13-11(14)8(2)7-18-13/h4-7,12,17H,3H2,1-2H3. The molecule has 2 rings (SSSR count). The fraction of sp³-hybridized carbons (Fsp3) is 0.308. The molecular formula is C13H14ClFN2S. The number of nitrogens with one attached hydrogen (secondary N) is 1. The molecule has 1 unspecified atom stereocenters. The molecule has 5 heteroatoms. The van der Waals surface area contributed by atoms with Crippen molar-refractivity contribution in [2.24, 2.45) is 0 Å². The van der Waals surface area contributed by atoms with E-state index in [2.05, 4.69) is 10.3 Å². The average Bonchev–Trinajstić information content (AvgIpc) is 2.67. The first-order valence-corrected chi connectivity index (χ1v) is 6.96. The largest absolute Gasteiger partial charge is 0.306 e. The second-order valence-electron chi connectivity index (χ2n) is 4.02. The maximum atomic E-state index is 13.3. The van der Waals surface area contributed by atoms with Crippen LogP contribution in [-0.2, 0) is 0 Å². The van der Waals surface area contributed by atoms with Gasteiger partial charge in [-0.05, 0) is 36.0 Å². The first-order valence-electron chi connectivity index (χ1n) is 5.70. The number of thiophene rings is 1. The SMILES string of the molecule is CCNC(c1cncc(F)c1)c1scc(C)c1Cl. The van der Waals surface area contributed by atoms with Gasteiger partial charge in [0.15, 0.2) is 0 Å². The summed E-state index contributed by atoms with van der Waals surface area (Å²) in [5.41, 5.74) is 1.84. The Morgan fingerprint density at radius 3 is 2.83 bits per heavy atom. The molecule has 2 heterocycles. The van der Waals surface area contributed by atoms with E-state index < -0.39 is 0 Å². The molecule has 0 bridgehead atoms. The van der Waals surface area contributed by atoms with Crippen molar-refractivity contribution in [1.82, 2.24) is 10.3 Å².